The standard InChI is InChI=1S/C15H20N2O4/c1-3-17(12-6-4-5-11(2)9-12)14(20)16-15(13(18)19)7-8-21-10-15/h4-6,9H,3,7-8,10H2,1-2H3,(H,16,20)(H,18,19). The Morgan fingerprint density at radius 2 is 2.24 bits per heavy atom. The van der Waals surface area contributed by atoms with E-state index < -0.39 is 17.5 Å². The average molecular weight is 292 g/mol. The molecule has 6 nitrogen and oxygen atoms in total. The van der Waals surface area contributed by atoms with E-state index >= 15 is 0 Å². The molecule has 0 radical (unpaired) electrons. The van der Waals surface area contributed by atoms with E-state index in [4.69, 9.17) is 4.74 Å². The second-order valence-electron chi connectivity index (χ2n) is 5.20. The van der Waals surface area contributed by atoms with Gasteiger partial charge in [-0.25, -0.2) is 9.59 Å². The van der Waals surface area contributed by atoms with Crippen molar-refractivity contribution >= 4 is 17.7 Å². The first-order chi connectivity index (χ1) is 9.98. The van der Waals surface area contributed by atoms with E-state index in [0.29, 0.717) is 13.2 Å². The van der Waals surface area contributed by atoms with Gasteiger partial charge in [0.1, 0.15) is 0 Å². The molecule has 0 aliphatic carbocycles. The highest BCUT2D eigenvalue weighted by Gasteiger charge is 2.44. The molecule has 0 bridgehead atoms. The summed E-state index contributed by atoms with van der Waals surface area (Å²) in [5.41, 5.74) is 0.458. The number of carbonyl (C=O) groups is 2. The molecule has 1 aromatic carbocycles. The zero-order chi connectivity index (χ0) is 15.5. The van der Waals surface area contributed by atoms with Gasteiger partial charge in [-0.1, -0.05) is 12.1 Å². The Bertz CT molecular complexity index is 538. The molecule has 1 aliphatic heterocycles. The number of urea groups is 1. The third kappa shape index (κ3) is 3.16. The molecule has 2 amide bonds. The molecule has 1 heterocycles. The van der Waals surface area contributed by atoms with E-state index in [-0.39, 0.29) is 13.0 Å². The Morgan fingerprint density at radius 3 is 2.76 bits per heavy atom. The lowest BCUT2D eigenvalue weighted by molar-refractivity contribution is -0.144. The predicted molar refractivity (Wildman–Crippen MR) is 78.5 cm³/mol. The van der Waals surface area contributed by atoms with Crippen LogP contribution in [0.15, 0.2) is 24.3 Å². The molecular weight excluding hydrogens is 272 g/mol. The van der Waals surface area contributed by atoms with Gasteiger partial charge in [-0.2, -0.15) is 0 Å². The summed E-state index contributed by atoms with van der Waals surface area (Å²) >= 11 is 0. The average Bonchev–Trinajstić information content (AvgIpc) is 2.89. The maximum absolute atomic E-state index is 12.4. The van der Waals surface area contributed by atoms with Crippen LogP contribution in [-0.4, -0.2) is 42.4 Å². The first-order valence-electron chi connectivity index (χ1n) is 6.96. The fraction of sp³-hybridized carbons (Fsp3) is 0.467. The molecule has 6 heteroatoms. The van der Waals surface area contributed by atoms with Crippen molar-refractivity contribution in [3.8, 4) is 0 Å². The molecule has 21 heavy (non-hydrogen) atoms. The molecular formula is C15H20N2O4. The number of aliphatic carboxylic acids is 1. The number of nitrogens with one attached hydrogen (secondary N) is 1. The Labute approximate surface area is 123 Å². The summed E-state index contributed by atoms with van der Waals surface area (Å²) in [5, 5.41) is 12.0. The van der Waals surface area contributed by atoms with Gasteiger partial charge in [0.05, 0.1) is 6.61 Å². The van der Waals surface area contributed by atoms with Crippen molar-refractivity contribution in [3.63, 3.8) is 0 Å². The largest absolute Gasteiger partial charge is 0.479 e. The highest BCUT2D eigenvalue weighted by atomic mass is 16.5. The van der Waals surface area contributed by atoms with Crippen molar-refractivity contribution in [3.05, 3.63) is 29.8 Å². The van der Waals surface area contributed by atoms with Crippen molar-refractivity contribution in [1.82, 2.24) is 5.32 Å². The predicted octanol–water partition coefficient (Wildman–Crippen LogP) is 1.77. The molecule has 1 unspecified atom stereocenters. The molecule has 1 aromatic rings. The van der Waals surface area contributed by atoms with Gasteiger partial charge in [-0.15, -0.1) is 0 Å². The van der Waals surface area contributed by atoms with Crippen molar-refractivity contribution < 1.29 is 19.4 Å². The van der Waals surface area contributed by atoms with Gasteiger partial charge in [-0.3, -0.25) is 4.90 Å². The number of aryl methyl sites for hydroxylation is 1. The molecule has 0 aromatic heterocycles. The molecule has 0 spiro atoms. The number of benzene rings is 1. The zero-order valence-corrected chi connectivity index (χ0v) is 12.3. The molecule has 0 saturated carbocycles. The number of carboxylic acids is 1. The quantitative estimate of drug-likeness (QED) is 0.886. The summed E-state index contributed by atoms with van der Waals surface area (Å²) in [4.78, 5) is 25.4. The first kappa shape index (κ1) is 15.3. The lowest BCUT2D eigenvalue weighted by Gasteiger charge is -2.29. The summed E-state index contributed by atoms with van der Waals surface area (Å²) in [5.74, 6) is -1.06. The van der Waals surface area contributed by atoms with E-state index in [0.717, 1.165) is 11.3 Å². The van der Waals surface area contributed by atoms with Gasteiger partial charge in [0.15, 0.2) is 5.54 Å². The summed E-state index contributed by atoms with van der Waals surface area (Å²) in [6, 6.07) is 7.11. The van der Waals surface area contributed by atoms with E-state index in [1.807, 2.05) is 38.1 Å². The van der Waals surface area contributed by atoms with Crippen molar-refractivity contribution in [2.75, 3.05) is 24.7 Å². The van der Waals surface area contributed by atoms with Crippen LogP contribution in [0.4, 0.5) is 10.5 Å². The first-order valence-corrected chi connectivity index (χ1v) is 6.96. The number of hydrogen-bond donors (Lipinski definition) is 2. The molecule has 2 N–H and O–H groups in total. The van der Waals surface area contributed by atoms with Crippen LogP contribution in [-0.2, 0) is 9.53 Å². The third-order valence-corrected chi connectivity index (χ3v) is 3.65. The van der Waals surface area contributed by atoms with Crippen molar-refractivity contribution in [2.24, 2.45) is 0 Å². The number of amides is 2. The second-order valence-corrected chi connectivity index (χ2v) is 5.20. The van der Waals surface area contributed by atoms with Gasteiger partial charge in [0.2, 0.25) is 0 Å². The maximum atomic E-state index is 12.4. The Morgan fingerprint density at radius 1 is 1.48 bits per heavy atom. The van der Waals surface area contributed by atoms with Crippen LogP contribution in [0, 0.1) is 6.92 Å². The van der Waals surface area contributed by atoms with E-state index in [1.54, 1.807) is 0 Å². The van der Waals surface area contributed by atoms with Gasteiger partial charge in [0, 0.05) is 25.3 Å². The van der Waals surface area contributed by atoms with Crippen LogP contribution >= 0.6 is 0 Å². The van der Waals surface area contributed by atoms with E-state index in [9.17, 15) is 14.7 Å². The number of ether oxygens (including phenoxy) is 1. The van der Waals surface area contributed by atoms with Crippen LogP contribution < -0.4 is 10.2 Å². The summed E-state index contributed by atoms with van der Waals surface area (Å²) in [6.07, 6.45) is 0.277. The highest BCUT2D eigenvalue weighted by molar-refractivity contribution is 5.96. The minimum Gasteiger partial charge on any atom is -0.479 e. The molecule has 1 atom stereocenters. The number of anilines is 1. The van der Waals surface area contributed by atoms with Crippen LogP contribution in [0.3, 0.4) is 0 Å². The van der Waals surface area contributed by atoms with Crippen LogP contribution in [0.1, 0.15) is 18.9 Å². The van der Waals surface area contributed by atoms with Crippen LogP contribution in [0.25, 0.3) is 0 Å². The zero-order valence-electron chi connectivity index (χ0n) is 12.3. The summed E-state index contributed by atoms with van der Waals surface area (Å²) in [7, 11) is 0. The molecule has 1 fully saturated rings. The number of nitrogens with zero attached hydrogens (tertiary/aromatic N) is 1. The van der Waals surface area contributed by atoms with Crippen LogP contribution in [0.5, 0.6) is 0 Å². The highest BCUT2D eigenvalue weighted by Crippen LogP contribution is 2.21. The Balaban J connectivity index is 2.19. The Hall–Kier alpha value is -2.08. The number of rotatable bonds is 4. The molecule has 1 saturated heterocycles. The topological polar surface area (TPSA) is 78.9 Å². The van der Waals surface area contributed by atoms with Gasteiger partial charge >= 0.3 is 12.0 Å². The van der Waals surface area contributed by atoms with Crippen molar-refractivity contribution in [1.29, 1.82) is 0 Å². The fourth-order valence-electron chi connectivity index (χ4n) is 2.40. The number of carbonyl (C=O) groups excluding carboxylic acids is 1. The normalized spacial score (nSPS) is 21.0. The Kier molecular flexibility index (Phi) is 4.47. The minimum atomic E-state index is -1.33. The van der Waals surface area contributed by atoms with Gasteiger partial charge in [-0.05, 0) is 31.5 Å². The lowest BCUT2D eigenvalue weighted by Crippen LogP contribution is -2.58. The lowest BCUT2D eigenvalue weighted by atomic mass is 9.99. The smallest absolute Gasteiger partial charge is 0.332 e. The third-order valence-electron chi connectivity index (χ3n) is 3.65. The summed E-state index contributed by atoms with van der Waals surface area (Å²) in [6.45, 7) is 4.58. The fourth-order valence-corrected chi connectivity index (χ4v) is 2.40. The molecule has 1 aliphatic rings. The summed E-state index contributed by atoms with van der Waals surface area (Å²) < 4.78 is 5.15. The van der Waals surface area contributed by atoms with Gasteiger partial charge < -0.3 is 15.2 Å². The van der Waals surface area contributed by atoms with E-state index in [1.165, 1.54) is 4.90 Å². The minimum absolute atomic E-state index is 0.000551. The second kappa shape index (κ2) is 6.13. The number of hydrogen-bond acceptors (Lipinski definition) is 3. The van der Waals surface area contributed by atoms with Crippen molar-refractivity contribution in [2.45, 2.75) is 25.8 Å². The maximum Gasteiger partial charge on any atom is 0.332 e. The molecule has 114 valence electrons. The van der Waals surface area contributed by atoms with Gasteiger partial charge in [0.25, 0.3) is 0 Å². The monoisotopic (exact) mass is 292 g/mol. The number of carboxylic acid groups (broad SMARTS) is 1. The molecule has 2 rings (SSSR count). The van der Waals surface area contributed by atoms with Crippen LogP contribution in [0.2, 0.25) is 0 Å². The SMILES string of the molecule is CCN(C(=O)NC1(C(=O)O)CCOC1)c1cccc(C)c1. The van der Waals surface area contributed by atoms with E-state index in [2.05, 4.69) is 5.32 Å².